The summed E-state index contributed by atoms with van der Waals surface area (Å²) in [6.07, 6.45) is -0.565. The molecule has 124 valence electrons. The van der Waals surface area contributed by atoms with Crippen LogP contribution in [0.2, 0.25) is 0 Å². The highest BCUT2D eigenvalue weighted by Gasteiger charge is 2.26. The topological polar surface area (TPSA) is 65.2 Å². The summed E-state index contributed by atoms with van der Waals surface area (Å²) < 4.78 is 10.6. The molecule has 0 bridgehead atoms. The van der Waals surface area contributed by atoms with E-state index in [9.17, 15) is 4.79 Å². The van der Waals surface area contributed by atoms with Crippen LogP contribution in [0.4, 0.5) is 0 Å². The molecule has 6 heteroatoms. The number of esters is 1. The minimum atomic E-state index is -0.565. The fourth-order valence-corrected chi connectivity index (χ4v) is 2.65. The first-order valence-corrected chi connectivity index (χ1v) is 8.41. The molecule has 1 aromatic heterocycles. The monoisotopic (exact) mass is 334 g/mol. The van der Waals surface area contributed by atoms with Gasteiger partial charge in [0.2, 0.25) is 0 Å². The molecule has 0 fully saturated rings. The maximum atomic E-state index is 12.2. The van der Waals surface area contributed by atoms with Crippen LogP contribution >= 0.6 is 11.8 Å². The second-order valence-electron chi connectivity index (χ2n) is 6.36. The van der Waals surface area contributed by atoms with Crippen LogP contribution in [0.15, 0.2) is 39.8 Å². The Labute approximate surface area is 140 Å². The van der Waals surface area contributed by atoms with E-state index in [2.05, 4.69) is 10.1 Å². The van der Waals surface area contributed by atoms with Gasteiger partial charge in [-0.25, -0.2) is 0 Å². The van der Waals surface area contributed by atoms with Crippen molar-refractivity contribution in [2.24, 2.45) is 0 Å². The van der Waals surface area contributed by atoms with Crippen molar-refractivity contribution in [3.8, 4) is 0 Å². The summed E-state index contributed by atoms with van der Waals surface area (Å²) in [5.41, 5.74) is -0.206. The van der Waals surface area contributed by atoms with Crippen LogP contribution in [0.3, 0.4) is 0 Å². The molecule has 2 aromatic rings. The molecule has 2 rings (SSSR count). The van der Waals surface area contributed by atoms with E-state index < -0.39 is 6.10 Å². The summed E-state index contributed by atoms with van der Waals surface area (Å²) >= 11 is 1.46. The van der Waals surface area contributed by atoms with E-state index in [1.165, 1.54) is 11.8 Å². The molecule has 0 aliphatic rings. The molecule has 0 radical (unpaired) electrons. The van der Waals surface area contributed by atoms with Crippen molar-refractivity contribution < 1.29 is 14.1 Å². The number of aromatic nitrogens is 2. The third-order valence-electron chi connectivity index (χ3n) is 3.14. The first kappa shape index (κ1) is 17.5. The first-order valence-electron chi connectivity index (χ1n) is 7.53. The first-order chi connectivity index (χ1) is 10.8. The number of thioether (sulfide) groups is 1. The van der Waals surface area contributed by atoms with Crippen LogP contribution in [0.1, 0.15) is 52.4 Å². The van der Waals surface area contributed by atoms with E-state index in [0.29, 0.717) is 11.7 Å². The van der Waals surface area contributed by atoms with Crippen molar-refractivity contribution in [1.82, 2.24) is 10.1 Å². The van der Waals surface area contributed by atoms with Gasteiger partial charge < -0.3 is 9.26 Å². The standard InChI is InChI=1S/C17H22N2O3S/c1-11(14-18-16(19-22-14)17(3,4)5)21-15(20)12(2)23-13-9-7-6-8-10-13/h6-12H,1-5H3. The molecule has 0 saturated heterocycles. The molecule has 1 aromatic carbocycles. The van der Waals surface area contributed by atoms with E-state index in [1.54, 1.807) is 6.92 Å². The van der Waals surface area contributed by atoms with E-state index in [4.69, 9.17) is 9.26 Å². The molecule has 0 saturated carbocycles. The number of carbonyl (C=O) groups is 1. The Kier molecular flexibility index (Phi) is 5.46. The highest BCUT2D eigenvalue weighted by Crippen LogP contribution is 2.26. The van der Waals surface area contributed by atoms with Crippen LogP contribution in [0.5, 0.6) is 0 Å². The van der Waals surface area contributed by atoms with Gasteiger partial charge in [-0.05, 0) is 26.0 Å². The Bertz CT molecular complexity index is 649. The summed E-state index contributed by atoms with van der Waals surface area (Å²) in [5, 5.41) is 3.63. The Balaban J connectivity index is 1.95. The van der Waals surface area contributed by atoms with E-state index in [-0.39, 0.29) is 16.6 Å². The van der Waals surface area contributed by atoms with Crippen molar-refractivity contribution in [2.75, 3.05) is 0 Å². The van der Waals surface area contributed by atoms with Crippen molar-refractivity contribution in [1.29, 1.82) is 0 Å². The molecule has 1 heterocycles. The smallest absolute Gasteiger partial charge is 0.319 e. The molecule has 0 aliphatic heterocycles. The van der Waals surface area contributed by atoms with Gasteiger partial charge in [0, 0.05) is 10.3 Å². The molecule has 23 heavy (non-hydrogen) atoms. The number of carbonyl (C=O) groups excluding carboxylic acids is 1. The number of hydrogen-bond donors (Lipinski definition) is 0. The van der Waals surface area contributed by atoms with Gasteiger partial charge in [0.1, 0.15) is 5.25 Å². The third-order valence-corrected chi connectivity index (χ3v) is 4.23. The number of rotatable bonds is 5. The van der Waals surface area contributed by atoms with E-state index in [1.807, 2.05) is 58.0 Å². The van der Waals surface area contributed by atoms with Gasteiger partial charge >= 0.3 is 5.97 Å². The maximum absolute atomic E-state index is 12.2. The van der Waals surface area contributed by atoms with Crippen molar-refractivity contribution in [3.05, 3.63) is 42.0 Å². The Morgan fingerprint density at radius 2 is 1.87 bits per heavy atom. The lowest BCUT2D eigenvalue weighted by atomic mass is 9.96. The number of nitrogens with zero attached hydrogens (tertiary/aromatic N) is 2. The fraction of sp³-hybridized carbons (Fsp3) is 0.471. The third kappa shape index (κ3) is 4.82. The van der Waals surface area contributed by atoms with E-state index >= 15 is 0 Å². The fourth-order valence-electron chi connectivity index (χ4n) is 1.78. The molecular formula is C17H22N2O3S. The molecule has 2 unspecified atom stereocenters. The predicted molar refractivity (Wildman–Crippen MR) is 89.3 cm³/mol. The lowest BCUT2D eigenvalue weighted by Gasteiger charge is -2.14. The minimum absolute atomic E-state index is 0.206. The van der Waals surface area contributed by atoms with Gasteiger partial charge in [-0.15, -0.1) is 11.8 Å². The largest absolute Gasteiger partial charge is 0.452 e. The van der Waals surface area contributed by atoms with Gasteiger partial charge in [-0.2, -0.15) is 4.98 Å². The minimum Gasteiger partial charge on any atom is -0.452 e. The summed E-state index contributed by atoms with van der Waals surface area (Å²) in [6.45, 7) is 9.55. The lowest BCUT2D eigenvalue weighted by Crippen LogP contribution is -2.19. The highest BCUT2D eigenvalue weighted by atomic mass is 32.2. The quantitative estimate of drug-likeness (QED) is 0.604. The van der Waals surface area contributed by atoms with Gasteiger partial charge in [0.05, 0.1) is 0 Å². The molecule has 0 N–H and O–H groups in total. The predicted octanol–water partition coefficient (Wildman–Crippen LogP) is 4.15. The second-order valence-corrected chi connectivity index (χ2v) is 7.77. The zero-order valence-electron chi connectivity index (χ0n) is 14.1. The maximum Gasteiger partial charge on any atom is 0.319 e. The molecule has 2 atom stereocenters. The Hall–Kier alpha value is -1.82. The van der Waals surface area contributed by atoms with E-state index in [0.717, 1.165) is 4.90 Å². The van der Waals surface area contributed by atoms with Crippen LogP contribution in [0.25, 0.3) is 0 Å². The molecule has 5 nitrogen and oxygen atoms in total. The van der Waals surface area contributed by atoms with Gasteiger partial charge in [0.15, 0.2) is 11.9 Å². The van der Waals surface area contributed by atoms with Crippen molar-refractivity contribution in [2.45, 2.75) is 56.3 Å². The number of benzene rings is 1. The Morgan fingerprint density at radius 3 is 2.43 bits per heavy atom. The normalized spacial score (nSPS) is 14.3. The van der Waals surface area contributed by atoms with Crippen LogP contribution < -0.4 is 0 Å². The summed E-state index contributed by atoms with van der Waals surface area (Å²) in [6, 6.07) is 9.75. The number of hydrogen-bond acceptors (Lipinski definition) is 6. The molecule has 0 spiro atoms. The molecule has 0 aliphatic carbocycles. The van der Waals surface area contributed by atoms with Crippen molar-refractivity contribution in [3.63, 3.8) is 0 Å². The molecular weight excluding hydrogens is 312 g/mol. The summed E-state index contributed by atoms with van der Waals surface area (Å²) in [7, 11) is 0. The summed E-state index contributed by atoms with van der Waals surface area (Å²) in [4.78, 5) is 17.5. The average Bonchev–Trinajstić information content (AvgIpc) is 2.98. The zero-order valence-corrected chi connectivity index (χ0v) is 14.9. The van der Waals surface area contributed by atoms with Gasteiger partial charge in [-0.1, -0.05) is 44.1 Å². The van der Waals surface area contributed by atoms with Gasteiger partial charge in [0.25, 0.3) is 5.89 Å². The highest BCUT2D eigenvalue weighted by molar-refractivity contribution is 8.00. The molecule has 0 amide bonds. The van der Waals surface area contributed by atoms with Crippen LogP contribution in [-0.4, -0.2) is 21.4 Å². The summed E-state index contributed by atoms with van der Waals surface area (Å²) in [5.74, 6) is 0.615. The second kappa shape index (κ2) is 7.17. The van der Waals surface area contributed by atoms with Crippen LogP contribution in [-0.2, 0) is 14.9 Å². The lowest BCUT2D eigenvalue weighted by molar-refractivity contribution is -0.148. The van der Waals surface area contributed by atoms with Crippen molar-refractivity contribution >= 4 is 17.7 Å². The number of ether oxygens (including phenoxy) is 1. The Morgan fingerprint density at radius 1 is 1.22 bits per heavy atom. The average molecular weight is 334 g/mol. The van der Waals surface area contributed by atoms with Gasteiger partial charge in [-0.3, -0.25) is 4.79 Å². The van der Waals surface area contributed by atoms with Crippen LogP contribution in [0, 0.1) is 0 Å². The zero-order chi connectivity index (χ0) is 17.0. The SMILES string of the molecule is CC(Sc1ccccc1)C(=O)OC(C)c1nc(C(C)(C)C)no1.